The van der Waals surface area contributed by atoms with Gasteiger partial charge in [0.2, 0.25) is 5.78 Å². The Morgan fingerprint density at radius 1 is 1.07 bits per heavy atom. The number of aromatic nitrogens is 1. The summed E-state index contributed by atoms with van der Waals surface area (Å²) in [6.45, 7) is 1.05. The first kappa shape index (κ1) is 19.7. The molecule has 4 nitrogen and oxygen atoms in total. The smallest absolute Gasteiger partial charge is 0.290 e. The van der Waals surface area contributed by atoms with Gasteiger partial charge in [-0.25, -0.2) is 4.39 Å². The normalized spacial score (nSPS) is 14.9. The lowest BCUT2D eigenvalue weighted by molar-refractivity contribution is -0.145. The lowest BCUT2D eigenvalue weighted by Crippen LogP contribution is -2.42. The van der Waals surface area contributed by atoms with Crippen LogP contribution >= 0.6 is 15.9 Å². The van der Waals surface area contributed by atoms with Crippen molar-refractivity contribution in [3.8, 4) is 0 Å². The molecule has 1 aliphatic rings. The fourth-order valence-electron chi connectivity index (χ4n) is 3.93. The first-order valence-corrected chi connectivity index (χ1v) is 10.4. The second-order valence-electron chi connectivity index (χ2n) is 7.35. The quantitative estimate of drug-likeness (QED) is 0.538. The minimum Gasteiger partial charge on any atom is -0.336 e. The third-order valence-corrected chi connectivity index (χ3v) is 6.00. The molecule has 1 fully saturated rings. The van der Waals surface area contributed by atoms with Gasteiger partial charge in [-0.3, -0.25) is 14.6 Å². The average molecular weight is 455 g/mol. The van der Waals surface area contributed by atoms with Gasteiger partial charge in [0.15, 0.2) is 0 Å². The molecule has 3 aromatic rings. The van der Waals surface area contributed by atoms with Crippen LogP contribution < -0.4 is 0 Å². The van der Waals surface area contributed by atoms with E-state index in [4.69, 9.17) is 0 Å². The Bertz CT molecular complexity index is 1060. The molecule has 1 aliphatic heterocycles. The Morgan fingerprint density at radius 2 is 1.79 bits per heavy atom. The van der Waals surface area contributed by atoms with E-state index >= 15 is 0 Å². The molecule has 0 radical (unpaired) electrons. The number of Topliss-reactive ketones (excluding diaryl/α,β-unsaturated/α-hetero) is 1. The molecule has 1 aromatic heterocycles. The number of amides is 1. The molecular weight excluding hydrogens is 435 g/mol. The summed E-state index contributed by atoms with van der Waals surface area (Å²) in [4.78, 5) is 30.9. The summed E-state index contributed by atoms with van der Waals surface area (Å²) in [5, 5.41) is 0.823. The zero-order valence-electron chi connectivity index (χ0n) is 15.8. The van der Waals surface area contributed by atoms with Crippen molar-refractivity contribution in [2.45, 2.75) is 25.2 Å². The molecule has 2 heterocycles. The van der Waals surface area contributed by atoms with Gasteiger partial charge >= 0.3 is 0 Å². The van der Waals surface area contributed by atoms with E-state index in [1.54, 1.807) is 17.2 Å². The van der Waals surface area contributed by atoms with E-state index in [2.05, 4.69) is 20.9 Å². The molecule has 6 heteroatoms. The van der Waals surface area contributed by atoms with Gasteiger partial charge in [-0.15, -0.1) is 0 Å². The van der Waals surface area contributed by atoms with Crippen LogP contribution in [0.1, 0.15) is 29.9 Å². The number of fused-ring (bicyclic) bond motifs is 1. The monoisotopic (exact) mass is 454 g/mol. The molecule has 0 spiro atoms. The van der Waals surface area contributed by atoms with Gasteiger partial charge in [0.25, 0.3) is 5.91 Å². The number of rotatable bonds is 4. The van der Waals surface area contributed by atoms with Crippen LogP contribution in [0.3, 0.4) is 0 Å². The second kappa shape index (κ2) is 8.41. The van der Waals surface area contributed by atoms with Crippen LogP contribution in [0.4, 0.5) is 4.39 Å². The zero-order valence-corrected chi connectivity index (χ0v) is 17.4. The minimum atomic E-state index is -0.419. The zero-order chi connectivity index (χ0) is 20.4. The van der Waals surface area contributed by atoms with Crippen molar-refractivity contribution in [1.29, 1.82) is 0 Å². The van der Waals surface area contributed by atoms with Crippen molar-refractivity contribution in [3.63, 3.8) is 0 Å². The van der Waals surface area contributed by atoms with Crippen LogP contribution in [0.2, 0.25) is 0 Å². The molecule has 0 N–H and O–H groups in total. The number of ketones is 1. The number of likely N-dealkylation sites (tertiary alicyclic amines) is 1. The molecule has 0 atom stereocenters. The Hall–Kier alpha value is -2.60. The van der Waals surface area contributed by atoms with Crippen LogP contribution in [0.25, 0.3) is 10.9 Å². The standard InChI is InChI=1S/C23H20BrFN2O2/c24-17-3-1-15(2-4-17)13-22(28)23(29)27-11-8-16(9-12-27)19-7-10-26-21-6-5-18(25)14-20(19)21/h1-7,10,14,16H,8-9,11-13H2. The SMILES string of the molecule is O=C(Cc1ccc(Br)cc1)C(=O)N1CCC(c2ccnc3ccc(F)cc23)CC1. The molecule has 0 saturated carbocycles. The van der Waals surface area contributed by atoms with Crippen molar-refractivity contribution in [2.24, 2.45) is 0 Å². The van der Waals surface area contributed by atoms with Crippen LogP contribution in [0.5, 0.6) is 0 Å². The Morgan fingerprint density at radius 3 is 2.52 bits per heavy atom. The fraction of sp³-hybridized carbons (Fsp3) is 0.261. The number of pyridine rings is 1. The second-order valence-corrected chi connectivity index (χ2v) is 8.27. The number of nitrogens with zero attached hydrogens (tertiary/aromatic N) is 2. The van der Waals surface area contributed by atoms with Gasteiger partial charge in [0.1, 0.15) is 5.82 Å². The topological polar surface area (TPSA) is 50.3 Å². The van der Waals surface area contributed by atoms with Crippen LogP contribution in [-0.2, 0) is 16.0 Å². The highest BCUT2D eigenvalue weighted by atomic mass is 79.9. The van der Waals surface area contributed by atoms with Gasteiger partial charge in [-0.05, 0) is 66.3 Å². The van der Waals surface area contributed by atoms with Crippen LogP contribution in [0.15, 0.2) is 59.2 Å². The molecule has 29 heavy (non-hydrogen) atoms. The number of benzene rings is 2. The van der Waals surface area contributed by atoms with Crippen molar-refractivity contribution < 1.29 is 14.0 Å². The summed E-state index contributed by atoms with van der Waals surface area (Å²) >= 11 is 3.36. The average Bonchev–Trinajstić information content (AvgIpc) is 2.74. The highest BCUT2D eigenvalue weighted by Gasteiger charge is 2.28. The lowest BCUT2D eigenvalue weighted by Gasteiger charge is -2.32. The minimum absolute atomic E-state index is 0.111. The Balaban J connectivity index is 1.41. The summed E-state index contributed by atoms with van der Waals surface area (Å²) in [5.74, 6) is -0.870. The van der Waals surface area contributed by atoms with E-state index in [1.165, 1.54) is 12.1 Å². The maximum Gasteiger partial charge on any atom is 0.290 e. The Kier molecular flexibility index (Phi) is 5.72. The summed E-state index contributed by atoms with van der Waals surface area (Å²) in [5.41, 5.74) is 2.65. The third-order valence-electron chi connectivity index (χ3n) is 5.48. The summed E-state index contributed by atoms with van der Waals surface area (Å²) in [6, 6.07) is 14.0. The molecule has 0 unspecified atom stereocenters. The van der Waals surface area contributed by atoms with Crippen molar-refractivity contribution >= 4 is 38.5 Å². The van der Waals surface area contributed by atoms with E-state index in [-0.39, 0.29) is 23.9 Å². The Labute approximate surface area is 176 Å². The highest BCUT2D eigenvalue weighted by Crippen LogP contribution is 2.32. The number of carbonyl (C=O) groups is 2. The predicted molar refractivity (Wildman–Crippen MR) is 113 cm³/mol. The number of halogens is 2. The highest BCUT2D eigenvalue weighted by molar-refractivity contribution is 9.10. The number of hydrogen-bond acceptors (Lipinski definition) is 3. The van der Waals surface area contributed by atoms with E-state index in [0.717, 1.165) is 39.3 Å². The van der Waals surface area contributed by atoms with E-state index < -0.39 is 5.91 Å². The largest absolute Gasteiger partial charge is 0.336 e. The molecule has 148 valence electrons. The number of piperidine rings is 1. The third kappa shape index (κ3) is 4.37. The lowest BCUT2D eigenvalue weighted by atomic mass is 9.87. The predicted octanol–water partition coefficient (Wildman–Crippen LogP) is 4.65. The van der Waals surface area contributed by atoms with Crippen molar-refractivity contribution in [1.82, 2.24) is 9.88 Å². The van der Waals surface area contributed by atoms with E-state index in [9.17, 15) is 14.0 Å². The van der Waals surface area contributed by atoms with Crippen LogP contribution in [0, 0.1) is 5.82 Å². The van der Waals surface area contributed by atoms with Gasteiger partial charge in [0, 0.05) is 35.6 Å². The van der Waals surface area contributed by atoms with Gasteiger partial charge in [-0.2, -0.15) is 0 Å². The van der Waals surface area contributed by atoms with Gasteiger partial charge in [-0.1, -0.05) is 28.1 Å². The van der Waals surface area contributed by atoms with Gasteiger partial charge in [0.05, 0.1) is 5.52 Å². The van der Waals surface area contributed by atoms with Crippen molar-refractivity contribution in [2.75, 3.05) is 13.1 Å². The number of hydrogen-bond donors (Lipinski definition) is 0. The van der Waals surface area contributed by atoms with E-state index in [0.29, 0.717) is 13.1 Å². The molecule has 0 bridgehead atoms. The van der Waals surface area contributed by atoms with Gasteiger partial charge < -0.3 is 4.90 Å². The number of carbonyl (C=O) groups excluding carboxylic acids is 2. The summed E-state index contributed by atoms with van der Waals surface area (Å²) in [6.07, 6.45) is 3.34. The molecule has 1 amide bonds. The molecule has 2 aromatic carbocycles. The summed E-state index contributed by atoms with van der Waals surface area (Å²) in [7, 11) is 0. The molecule has 4 rings (SSSR count). The maximum absolute atomic E-state index is 13.7. The summed E-state index contributed by atoms with van der Waals surface area (Å²) < 4.78 is 14.7. The first-order valence-electron chi connectivity index (χ1n) is 9.62. The van der Waals surface area contributed by atoms with Crippen LogP contribution in [-0.4, -0.2) is 34.7 Å². The molecule has 1 saturated heterocycles. The molecular formula is C23H20BrFN2O2. The molecule has 0 aliphatic carbocycles. The van der Waals surface area contributed by atoms with E-state index in [1.807, 2.05) is 30.3 Å². The maximum atomic E-state index is 13.7. The first-order chi connectivity index (χ1) is 14.0. The van der Waals surface area contributed by atoms with Crippen molar-refractivity contribution in [3.05, 3.63) is 76.1 Å². The fourth-order valence-corrected chi connectivity index (χ4v) is 4.19.